The van der Waals surface area contributed by atoms with Crippen molar-refractivity contribution in [2.75, 3.05) is 49.9 Å². The standard InChI is InChI=1S/C18H29N5OS/c24-17(19-9-14-25-16-5-2-1-3-6-16)15-22-10-12-23(13-11-22)18-20-7-4-8-21-18/h4,7-8,16H,1-3,5-6,9-15H2,(H,19,24). The van der Waals surface area contributed by atoms with E-state index in [1.54, 1.807) is 12.4 Å². The van der Waals surface area contributed by atoms with E-state index in [1.807, 2.05) is 17.8 Å². The lowest BCUT2D eigenvalue weighted by atomic mass is 10.0. The fourth-order valence-corrected chi connectivity index (χ4v) is 4.69. The number of carbonyl (C=O) groups is 1. The first kappa shape index (κ1) is 18.5. The van der Waals surface area contributed by atoms with E-state index in [2.05, 4.69) is 25.1 Å². The molecule has 1 saturated heterocycles. The van der Waals surface area contributed by atoms with Gasteiger partial charge in [0, 0.05) is 56.1 Å². The van der Waals surface area contributed by atoms with Crippen LogP contribution in [-0.2, 0) is 4.79 Å². The third-order valence-corrected chi connectivity index (χ3v) is 6.29. The second-order valence-corrected chi connectivity index (χ2v) is 8.20. The highest BCUT2D eigenvalue weighted by Gasteiger charge is 2.20. The zero-order valence-corrected chi connectivity index (χ0v) is 15.7. The third-order valence-electron chi connectivity index (χ3n) is 4.90. The minimum Gasteiger partial charge on any atom is -0.354 e. The predicted molar refractivity (Wildman–Crippen MR) is 103 cm³/mol. The van der Waals surface area contributed by atoms with Crippen LogP contribution in [0.2, 0.25) is 0 Å². The lowest BCUT2D eigenvalue weighted by Gasteiger charge is -2.34. The van der Waals surface area contributed by atoms with Gasteiger partial charge in [0.25, 0.3) is 0 Å². The molecule has 0 atom stereocenters. The van der Waals surface area contributed by atoms with Gasteiger partial charge in [-0.15, -0.1) is 0 Å². The molecule has 1 aliphatic carbocycles. The molecule has 0 aromatic carbocycles. The van der Waals surface area contributed by atoms with Gasteiger partial charge in [0.05, 0.1) is 6.54 Å². The molecular weight excluding hydrogens is 334 g/mol. The summed E-state index contributed by atoms with van der Waals surface area (Å²) in [5.74, 6) is 1.97. The van der Waals surface area contributed by atoms with Crippen LogP contribution in [0.15, 0.2) is 18.5 Å². The van der Waals surface area contributed by atoms with Crippen molar-refractivity contribution in [3.05, 3.63) is 18.5 Å². The number of amides is 1. The molecule has 1 amide bonds. The molecule has 138 valence electrons. The zero-order valence-electron chi connectivity index (χ0n) is 14.9. The summed E-state index contributed by atoms with van der Waals surface area (Å²) in [4.78, 5) is 25.1. The average molecular weight is 364 g/mol. The van der Waals surface area contributed by atoms with E-state index in [-0.39, 0.29) is 5.91 Å². The van der Waals surface area contributed by atoms with Crippen molar-refractivity contribution in [1.29, 1.82) is 0 Å². The van der Waals surface area contributed by atoms with Crippen molar-refractivity contribution in [2.45, 2.75) is 37.4 Å². The largest absolute Gasteiger partial charge is 0.354 e. The Morgan fingerprint density at radius 1 is 1.12 bits per heavy atom. The fraction of sp³-hybridized carbons (Fsp3) is 0.722. The Morgan fingerprint density at radius 3 is 2.56 bits per heavy atom. The van der Waals surface area contributed by atoms with E-state index in [9.17, 15) is 4.79 Å². The Bertz CT molecular complexity index is 515. The van der Waals surface area contributed by atoms with Gasteiger partial charge in [0.2, 0.25) is 11.9 Å². The van der Waals surface area contributed by atoms with Gasteiger partial charge in [-0.2, -0.15) is 11.8 Å². The highest BCUT2D eigenvalue weighted by atomic mass is 32.2. The van der Waals surface area contributed by atoms with Crippen LogP contribution in [-0.4, -0.2) is 71.0 Å². The average Bonchev–Trinajstić information content (AvgIpc) is 2.67. The zero-order chi connectivity index (χ0) is 17.3. The number of anilines is 1. The maximum Gasteiger partial charge on any atom is 0.234 e. The first-order valence-electron chi connectivity index (χ1n) is 9.44. The number of rotatable bonds is 7. The van der Waals surface area contributed by atoms with Crippen LogP contribution in [0.3, 0.4) is 0 Å². The lowest BCUT2D eigenvalue weighted by molar-refractivity contribution is -0.122. The Hall–Kier alpha value is -1.34. The lowest BCUT2D eigenvalue weighted by Crippen LogP contribution is -2.50. The van der Waals surface area contributed by atoms with Crippen molar-refractivity contribution in [3.8, 4) is 0 Å². The van der Waals surface area contributed by atoms with Crippen molar-refractivity contribution in [3.63, 3.8) is 0 Å². The number of hydrogen-bond donors (Lipinski definition) is 1. The number of hydrogen-bond acceptors (Lipinski definition) is 6. The minimum absolute atomic E-state index is 0.147. The number of aromatic nitrogens is 2. The van der Waals surface area contributed by atoms with Crippen molar-refractivity contribution < 1.29 is 4.79 Å². The van der Waals surface area contributed by atoms with E-state index in [1.165, 1.54) is 32.1 Å². The van der Waals surface area contributed by atoms with Crippen LogP contribution < -0.4 is 10.2 Å². The van der Waals surface area contributed by atoms with Crippen LogP contribution in [0.25, 0.3) is 0 Å². The maximum absolute atomic E-state index is 12.1. The van der Waals surface area contributed by atoms with Crippen LogP contribution >= 0.6 is 11.8 Å². The number of nitrogens with zero attached hydrogens (tertiary/aromatic N) is 4. The number of piperazine rings is 1. The Labute approximate surface area is 154 Å². The highest BCUT2D eigenvalue weighted by Crippen LogP contribution is 2.27. The first-order valence-corrected chi connectivity index (χ1v) is 10.5. The fourth-order valence-electron chi connectivity index (χ4n) is 3.47. The molecule has 1 saturated carbocycles. The highest BCUT2D eigenvalue weighted by molar-refractivity contribution is 7.99. The van der Waals surface area contributed by atoms with Gasteiger partial charge >= 0.3 is 0 Å². The summed E-state index contributed by atoms with van der Waals surface area (Å²) in [5.41, 5.74) is 0. The summed E-state index contributed by atoms with van der Waals surface area (Å²) in [6.45, 7) is 4.78. The summed E-state index contributed by atoms with van der Waals surface area (Å²) < 4.78 is 0. The first-order chi connectivity index (χ1) is 12.3. The second-order valence-electron chi connectivity index (χ2n) is 6.79. The normalized spacial score (nSPS) is 19.8. The molecule has 1 aliphatic heterocycles. The van der Waals surface area contributed by atoms with Crippen molar-refractivity contribution >= 4 is 23.6 Å². The summed E-state index contributed by atoms with van der Waals surface area (Å²) in [6, 6.07) is 1.83. The van der Waals surface area contributed by atoms with Gasteiger partial charge in [-0.3, -0.25) is 9.69 Å². The Morgan fingerprint density at radius 2 is 1.84 bits per heavy atom. The Kier molecular flexibility index (Phi) is 7.36. The molecule has 2 heterocycles. The van der Waals surface area contributed by atoms with Gasteiger partial charge in [-0.1, -0.05) is 19.3 Å². The molecule has 1 aromatic rings. The number of carbonyl (C=O) groups excluding carboxylic acids is 1. The second kappa shape index (κ2) is 9.97. The van der Waals surface area contributed by atoms with E-state index >= 15 is 0 Å². The molecule has 1 aromatic heterocycles. The smallest absolute Gasteiger partial charge is 0.234 e. The molecule has 0 bridgehead atoms. The molecule has 2 fully saturated rings. The molecule has 25 heavy (non-hydrogen) atoms. The van der Waals surface area contributed by atoms with Gasteiger partial charge < -0.3 is 10.2 Å². The van der Waals surface area contributed by atoms with Crippen molar-refractivity contribution in [1.82, 2.24) is 20.2 Å². The summed E-state index contributed by atoms with van der Waals surface area (Å²) in [5, 5.41) is 3.89. The topological polar surface area (TPSA) is 61.4 Å². The van der Waals surface area contributed by atoms with E-state index in [0.717, 1.165) is 49.7 Å². The van der Waals surface area contributed by atoms with Crippen molar-refractivity contribution in [2.24, 2.45) is 0 Å². The summed E-state index contributed by atoms with van der Waals surface area (Å²) in [7, 11) is 0. The monoisotopic (exact) mass is 363 g/mol. The van der Waals surface area contributed by atoms with Crippen LogP contribution in [0.5, 0.6) is 0 Å². The minimum atomic E-state index is 0.147. The van der Waals surface area contributed by atoms with Crippen LogP contribution in [0.4, 0.5) is 5.95 Å². The molecule has 6 nitrogen and oxygen atoms in total. The molecule has 2 aliphatic rings. The Balaban J connectivity index is 1.27. The number of thioether (sulfide) groups is 1. The third kappa shape index (κ3) is 6.15. The molecular formula is C18H29N5OS. The number of nitrogens with one attached hydrogen (secondary N) is 1. The van der Waals surface area contributed by atoms with E-state index in [4.69, 9.17) is 0 Å². The molecule has 0 spiro atoms. The SMILES string of the molecule is O=C(CN1CCN(c2ncccn2)CC1)NCCSC1CCCCC1. The van der Waals surface area contributed by atoms with E-state index in [0.29, 0.717) is 6.54 Å². The van der Waals surface area contributed by atoms with Crippen LogP contribution in [0, 0.1) is 0 Å². The molecule has 0 radical (unpaired) electrons. The van der Waals surface area contributed by atoms with Gasteiger partial charge in [-0.05, 0) is 18.9 Å². The van der Waals surface area contributed by atoms with Crippen LogP contribution in [0.1, 0.15) is 32.1 Å². The van der Waals surface area contributed by atoms with Gasteiger partial charge in [0.1, 0.15) is 0 Å². The summed E-state index contributed by atoms with van der Waals surface area (Å²) in [6.07, 6.45) is 10.4. The van der Waals surface area contributed by atoms with E-state index < -0.39 is 0 Å². The maximum atomic E-state index is 12.1. The van der Waals surface area contributed by atoms with Gasteiger partial charge in [-0.25, -0.2) is 9.97 Å². The molecule has 3 rings (SSSR count). The molecule has 1 N–H and O–H groups in total. The quantitative estimate of drug-likeness (QED) is 0.745. The molecule has 0 unspecified atom stereocenters. The summed E-state index contributed by atoms with van der Waals surface area (Å²) >= 11 is 2.03. The van der Waals surface area contributed by atoms with Gasteiger partial charge in [0.15, 0.2) is 0 Å². The molecule has 7 heteroatoms. The predicted octanol–water partition coefficient (Wildman–Crippen LogP) is 1.78.